The molecule has 3 nitrogen and oxygen atoms in total. The third kappa shape index (κ3) is 5.58. The van der Waals surface area contributed by atoms with Gasteiger partial charge in [-0.1, -0.05) is 54.3 Å². The van der Waals surface area contributed by atoms with E-state index in [4.69, 9.17) is 21.7 Å². The highest BCUT2D eigenvalue weighted by Gasteiger charge is 2.21. The maximum atomic E-state index is 6.19. The minimum absolute atomic E-state index is 0.0113. The van der Waals surface area contributed by atoms with E-state index < -0.39 is 0 Å². The summed E-state index contributed by atoms with van der Waals surface area (Å²) in [6.07, 6.45) is 3.21. The topological polar surface area (TPSA) is 21.7 Å². The van der Waals surface area contributed by atoms with E-state index in [0.29, 0.717) is 0 Å². The minimum atomic E-state index is -0.0857. The van der Waals surface area contributed by atoms with Gasteiger partial charge in [-0.3, -0.25) is 0 Å². The zero-order valence-corrected chi connectivity index (χ0v) is 14.3. The van der Waals surface area contributed by atoms with E-state index in [0.717, 1.165) is 29.5 Å². The first kappa shape index (κ1) is 16.7. The lowest BCUT2D eigenvalue weighted by Crippen LogP contribution is -2.26. The molecule has 0 spiro atoms. The monoisotopic (exact) mass is 325 g/mol. The van der Waals surface area contributed by atoms with Crippen LogP contribution in [0, 0.1) is 0 Å². The summed E-state index contributed by atoms with van der Waals surface area (Å²) in [4.78, 5) is 1.96. The number of ether oxygens (including phenoxy) is 2. The van der Waals surface area contributed by atoms with Gasteiger partial charge in [0.15, 0.2) is 6.29 Å². The predicted molar refractivity (Wildman–Crippen MR) is 92.6 cm³/mol. The molecule has 0 amide bonds. The molecule has 5 heteroatoms. The van der Waals surface area contributed by atoms with Crippen LogP contribution < -0.4 is 0 Å². The highest BCUT2D eigenvalue weighted by molar-refractivity contribution is 8.22. The Bertz CT molecular complexity index is 433. The molecule has 1 saturated heterocycles. The number of nitrogens with zero attached hydrogens (tertiary/aromatic N) is 1. The van der Waals surface area contributed by atoms with Crippen molar-refractivity contribution >= 4 is 28.3 Å². The van der Waals surface area contributed by atoms with E-state index in [1.54, 1.807) is 11.8 Å². The number of thiocarbonyl (C=S) groups is 1. The Morgan fingerprint density at radius 2 is 2.14 bits per heavy atom. The number of thioether (sulfide) groups is 1. The van der Waals surface area contributed by atoms with E-state index >= 15 is 0 Å². The van der Waals surface area contributed by atoms with E-state index in [2.05, 4.69) is 12.1 Å². The zero-order valence-electron chi connectivity index (χ0n) is 12.7. The molecule has 1 heterocycles. The van der Waals surface area contributed by atoms with Crippen molar-refractivity contribution in [2.24, 2.45) is 0 Å². The summed E-state index contributed by atoms with van der Waals surface area (Å²) in [5.74, 6) is 0.806. The summed E-state index contributed by atoms with van der Waals surface area (Å²) >= 11 is 7.01. The summed E-state index contributed by atoms with van der Waals surface area (Å²) in [6.45, 7) is 0.801. The van der Waals surface area contributed by atoms with Gasteiger partial charge in [-0.2, -0.15) is 0 Å². The highest BCUT2D eigenvalue weighted by Crippen LogP contribution is 2.27. The quantitative estimate of drug-likeness (QED) is 0.765. The Balaban J connectivity index is 1.98. The molecule has 0 radical (unpaired) electrons. The van der Waals surface area contributed by atoms with E-state index in [1.165, 1.54) is 12.0 Å². The van der Waals surface area contributed by atoms with Gasteiger partial charge in [-0.05, 0) is 24.8 Å². The van der Waals surface area contributed by atoms with E-state index in [1.807, 2.05) is 37.2 Å². The fraction of sp³-hybridized carbons (Fsp3) is 0.562. The van der Waals surface area contributed by atoms with Crippen LogP contribution in [0.2, 0.25) is 0 Å². The number of hydrogen-bond acceptors (Lipinski definition) is 4. The van der Waals surface area contributed by atoms with Crippen LogP contribution in [-0.4, -0.2) is 42.0 Å². The molecule has 2 atom stereocenters. The lowest BCUT2D eigenvalue weighted by atomic mass is 10.1. The molecule has 0 N–H and O–H groups in total. The van der Waals surface area contributed by atoms with Crippen molar-refractivity contribution in [1.82, 2.24) is 4.90 Å². The molecule has 0 bridgehead atoms. The molecule has 1 aromatic carbocycles. The van der Waals surface area contributed by atoms with Crippen molar-refractivity contribution in [2.45, 2.75) is 31.7 Å². The molecule has 1 aliphatic rings. The van der Waals surface area contributed by atoms with Gasteiger partial charge in [0.2, 0.25) is 0 Å². The molecule has 0 aromatic heterocycles. The minimum Gasteiger partial charge on any atom is -0.364 e. The smallest absolute Gasteiger partial charge is 0.158 e. The van der Waals surface area contributed by atoms with Gasteiger partial charge >= 0.3 is 0 Å². The van der Waals surface area contributed by atoms with Crippen LogP contribution in [0.3, 0.4) is 0 Å². The number of hydrogen-bond donors (Lipinski definition) is 0. The highest BCUT2D eigenvalue weighted by atomic mass is 32.2. The van der Waals surface area contributed by atoms with Crippen LogP contribution in [-0.2, 0) is 9.47 Å². The lowest BCUT2D eigenvalue weighted by molar-refractivity contribution is -0.185. The first-order valence-corrected chi connectivity index (χ1v) is 8.72. The maximum Gasteiger partial charge on any atom is 0.158 e. The number of benzene rings is 1. The Morgan fingerprint density at radius 3 is 2.76 bits per heavy atom. The van der Waals surface area contributed by atoms with Gasteiger partial charge in [-0.25, -0.2) is 0 Å². The second kappa shape index (κ2) is 8.73. The first-order chi connectivity index (χ1) is 10.2. The lowest BCUT2D eigenvalue weighted by Gasteiger charge is -2.28. The molecule has 0 aliphatic carbocycles. The number of rotatable bonds is 5. The zero-order chi connectivity index (χ0) is 15.1. The molecule has 1 fully saturated rings. The van der Waals surface area contributed by atoms with Crippen LogP contribution in [0.5, 0.6) is 0 Å². The molecule has 1 aromatic rings. The van der Waals surface area contributed by atoms with Crippen molar-refractivity contribution in [1.29, 1.82) is 0 Å². The van der Waals surface area contributed by atoms with Crippen molar-refractivity contribution in [2.75, 3.05) is 26.5 Å². The van der Waals surface area contributed by atoms with Gasteiger partial charge in [0.05, 0.1) is 6.10 Å². The summed E-state index contributed by atoms with van der Waals surface area (Å²) < 4.78 is 12.8. The van der Waals surface area contributed by atoms with Crippen LogP contribution >= 0.6 is 24.0 Å². The largest absolute Gasteiger partial charge is 0.364 e. The Morgan fingerprint density at radius 1 is 1.38 bits per heavy atom. The maximum absolute atomic E-state index is 6.19. The Labute approximate surface area is 137 Å². The third-order valence-corrected chi connectivity index (χ3v) is 5.15. The van der Waals surface area contributed by atoms with E-state index in [9.17, 15) is 0 Å². The average Bonchev–Trinajstić information content (AvgIpc) is 2.52. The van der Waals surface area contributed by atoms with Crippen LogP contribution in [0.1, 0.15) is 30.9 Å². The van der Waals surface area contributed by atoms with Crippen LogP contribution in [0.25, 0.3) is 0 Å². The molecule has 0 saturated carbocycles. The summed E-state index contributed by atoms with van der Waals surface area (Å²) in [7, 11) is 3.94. The second-order valence-electron chi connectivity index (χ2n) is 5.30. The summed E-state index contributed by atoms with van der Waals surface area (Å²) in [6, 6.07) is 10.3. The Hall–Kier alpha value is -0.620. The van der Waals surface area contributed by atoms with Crippen molar-refractivity contribution in [3.63, 3.8) is 0 Å². The van der Waals surface area contributed by atoms with Crippen molar-refractivity contribution < 1.29 is 9.47 Å². The standard InChI is InChI=1S/C16H23NO2S2/c1-17(2)16(20)21-12-14(13-8-4-3-5-9-13)19-15-10-6-7-11-18-15/h3-5,8-9,14-15H,6-7,10-12H2,1-2H3/t14-,15?/m1/s1. The fourth-order valence-corrected chi connectivity index (χ4v) is 3.19. The molecule has 2 rings (SSSR count). The predicted octanol–water partition coefficient (Wildman–Crippen LogP) is 3.85. The van der Waals surface area contributed by atoms with Gasteiger partial charge in [0, 0.05) is 26.5 Å². The summed E-state index contributed by atoms with van der Waals surface area (Å²) in [5, 5.41) is 0. The third-order valence-electron chi connectivity index (χ3n) is 3.35. The first-order valence-electron chi connectivity index (χ1n) is 7.33. The molecule has 116 valence electrons. The fourth-order valence-electron chi connectivity index (χ4n) is 2.16. The second-order valence-corrected chi connectivity index (χ2v) is 6.96. The average molecular weight is 325 g/mol. The van der Waals surface area contributed by atoms with E-state index in [-0.39, 0.29) is 12.4 Å². The molecular weight excluding hydrogens is 302 g/mol. The van der Waals surface area contributed by atoms with Crippen molar-refractivity contribution in [3.05, 3.63) is 35.9 Å². The van der Waals surface area contributed by atoms with Crippen LogP contribution in [0.4, 0.5) is 0 Å². The van der Waals surface area contributed by atoms with Crippen LogP contribution in [0.15, 0.2) is 30.3 Å². The van der Waals surface area contributed by atoms with Crippen molar-refractivity contribution in [3.8, 4) is 0 Å². The normalized spacial score (nSPS) is 20.0. The SMILES string of the molecule is CN(C)C(=S)SC[C@@H](OC1CCCCO1)c1ccccc1. The molecule has 1 unspecified atom stereocenters. The van der Waals surface area contributed by atoms with Gasteiger partial charge in [0.1, 0.15) is 4.32 Å². The molecule has 1 aliphatic heterocycles. The van der Waals surface area contributed by atoms with Gasteiger partial charge < -0.3 is 14.4 Å². The molecular formula is C16H23NO2S2. The Kier molecular flexibility index (Phi) is 6.96. The summed E-state index contributed by atoms with van der Waals surface area (Å²) in [5.41, 5.74) is 1.18. The molecule has 21 heavy (non-hydrogen) atoms. The van der Waals surface area contributed by atoms with Gasteiger partial charge in [-0.15, -0.1) is 0 Å². The van der Waals surface area contributed by atoms with Gasteiger partial charge in [0.25, 0.3) is 0 Å².